The minimum Gasteiger partial charge on any atom is -0.503 e. The van der Waals surface area contributed by atoms with E-state index in [0.717, 1.165) is 4.90 Å². The Hall–Kier alpha value is -5.72. The van der Waals surface area contributed by atoms with E-state index in [4.69, 9.17) is 21.4 Å². The number of aromatic hydroxyl groups is 1. The van der Waals surface area contributed by atoms with Crippen LogP contribution in [0.15, 0.2) is 59.5 Å². The number of ether oxygens (including phenoxy) is 1. The molecule has 3 rings (SSSR count). The molecule has 19 heteroatoms. The first-order chi connectivity index (χ1) is 25.7. The summed E-state index contributed by atoms with van der Waals surface area (Å²) >= 11 is 6.33. The van der Waals surface area contributed by atoms with Gasteiger partial charge in [0.05, 0.1) is 11.1 Å². The van der Waals surface area contributed by atoms with Crippen molar-refractivity contribution in [2.75, 3.05) is 13.6 Å². The standard InChI is InChI=1S/C36H45ClN6O12/c1-8-17(5)25(32(50)39-20(35(53)54)15-23(44)45)41-30(48)21-11-10-12-43(21)34(52)29-36(6,9-2)55-22-14-18(13-19(37)28(22)47)27(46)26(38-7)33(51)40-24(16(3)4)31(49)42-29/h10-11,13-15,21,24,26-27,29,38,46-47H,3,8-9,12H2,1-2,4-7H3,(H,39,50)(H,40,51)(H,41,48)(H,42,49)(H,44,45)(H,53,54)/t21-,24-,26?,27-,29+,36+/m0/s1. The fraction of sp³-hybridized carbons (Fsp3) is 0.417. The Kier molecular flexibility index (Phi) is 14.4. The van der Waals surface area contributed by atoms with Gasteiger partial charge >= 0.3 is 11.9 Å². The van der Waals surface area contributed by atoms with Crippen LogP contribution >= 0.6 is 11.6 Å². The summed E-state index contributed by atoms with van der Waals surface area (Å²) in [5, 5.41) is 52.6. The van der Waals surface area contributed by atoms with Crippen LogP contribution in [0.1, 0.15) is 59.1 Å². The molecule has 18 nitrogen and oxygen atoms in total. The molecule has 2 aliphatic rings. The van der Waals surface area contributed by atoms with Crippen LogP contribution in [-0.2, 0) is 33.6 Å². The molecule has 0 spiro atoms. The van der Waals surface area contributed by atoms with Gasteiger partial charge in [0.25, 0.3) is 17.7 Å². The number of carbonyl (C=O) groups excluding carboxylic acids is 5. The lowest BCUT2D eigenvalue weighted by molar-refractivity contribution is -0.146. The number of allylic oxidation sites excluding steroid dienone is 1. The third kappa shape index (κ3) is 9.88. The lowest BCUT2D eigenvalue weighted by Gasteiger charge is -2.40. The number of carboxylic acids is 2. The number of carboxylic acid groups (broad SMARTS) is 2. The Morgan fingerprint density at radius 1 is 1.09 bits per heavy atom. The number of halogens is 1. The molecular formula is C36H45ClN6O12. The molecular weight excluding hydrogens is 744 g/mol. The number of phenols is 1. The number of aliphatic hydroxyl groups excluding tert-OH is 1. The van der Waals surface area contributed by atoms with Crippen molar-refractivity contribution in [2.24, 2.45) is 0 Å². The average Bonchev–Trinajstić information content (AvgIpc) is 3.62. The summed E-state index contributed by atoms with van der Waals surface area (Å²) in [5.74, 6) is -8.94. The summed E-state index contributed by atoms with van der Waals surface area (Å²) in [5.41, 5.74) is -2.62. The zero-order valence-electron chi connectivity index (χ0n) is 31.0. The molecule has 0 fully saturated rings. The van der Waals surface area contributed by atoms with E-state index in [0.29, 0.717) is 0 Å². The summed E-state index contributed by atoms with van der Waals surface area (Å²) in [7, 11) is 1.40. The molecule has 9 N–H and O–H groups in total. The van der Waals surface area contributed by atoms with Crippen LogP contribution in [0.4, 0.5) is 0 Å². The van der Waals surface area contributed by atoms with E-state index >= 15 is 0 Å². The lowest BCUT2D eigenvalue weighted by atomic mass is 9.90. The predicted octanol–water partition coefficient (Wildman–Crippen LogP) is 0.510. The number of phenolic OH excluding ortho intramolecular Hbond substituents is 1. The second-order valence-electron chi connectivity index (χ2n) is 13.1. The van der Waals surface area contributed by atoms with Crippen LogP contribution in [0.5, 0.6) is 11.5 Å². The van der Waals surface area contributed by atoms with Gasteiger partial charge in [0, 0.05) is 6.54 Å². The van der Waals surface area contributed by atoms with Gasteiger partial charge in [-0.1, -0.05) is 44.2 Å². The van der Waals surface area contributed by atoms with E-state index in [1.807, 2.05) is 5.32 Å². The van der Waals surface area contributed by atoms with Gasteiger partial charge in [-0.25, -0.2) is 9.59 Å². The maximum Gasteiger partial charge on any atom is 0.352 e. The quantitative estimate of drug-likeness (QED) is 0.109. The van der Waals surface area contributed by atoms with Crippen LogP contribution in [0.3, 0.4) is 0 Å². The molecule has 6 atom stereocenters. The molecule has 2 bridgehead atoms. The fourth-order valence-electron chi connectivity index (χ4n) is 5.73. The minimum atomic E-state index is -1.75. The zero-order chi connectivity index (χ0) is 41.5. The zero-order valence-corrected chi connectivity index (χ0v) is 31.7. The molecule has 1 aromatic carbocycles. The second-order valence-corrected chi connectivity index (χ2v) is 13.5. The van der Waals surface area contributed by atoms with Crippen molar-refractivity contribution in [3.8, 4) is 11.5 Å². The molecule has 1 aromatic rings. The van der Waals surface area contributed by atoms with Crippen LogP contribution in [0, 0.1) is 0 Å². The van der Waals surface area contributed by atoms with Crippen molar-refractivity contribution in [3.63, 3.8) is 0 Å². The van der Waals surface area contributed by atoms with Crippen LogP contribution in [-0.4, -0.2) is 110 Å². The molecule has 0 radical (unpaired) electrons. The van der Waals surface area contributed by atoms with Crippen molar-refractivity contribution in [1.82, 2.24) is 31.5 Å². The third-order valence-electron chi connectivity index (χ3n) is 9.22. The summed E-state index contributed by atoms with van der Waals surface area (Å²) < 4.78 is 6.29. The number of hydrogen-bond donors (Lipinski definition) is 9. The maximum absolute atomic E-state index is 14.7. The Morgan fingerprint density at radius 2 is 1.75 bits per heavy atom. The first kappa shape index (κ1) is 43.7. The number of fused-ring (bicyclic) bond motifs is 2. The number of carbonyl (C=O) groups is 7. The number of aliphatic carboxylic acids is 2. The monoisotopic (exact) mass is 788 g/mol. The Bertz CT molecular complexity index is 1880. The van der Waals surface area contributed by atoms with E-state index in [1.165, 1.54) is 52.1 Å². The van der Waals surface area contributed by atoms with Gasteiger partial charge in [0.15, 0.2) is 11.5 Å². The van der Waals surface area contributed by atoms with E-state index in [2.05, 4.69) is 27.8 Å². The van der Waals surface area contributed by atoms with E-state index in [9.17, 15) is 48.9 Å². The molecule has 1 unspecified atom stereocenters. The number of rotatable bonds is 11. The van der Waals surface area contributed by atoms with Crippen molar-refractivity contribution >= 4 is 53.1 Å². The third-order valence-corrected chi connectivity index (χ3v) is 9.51. The largest absolute Gasteiger partial charge is 0.503 e. The van der Waals surface area contributed by atoms with Crippen molar-refractivity contribution in [3.05, 3.63) is 70.1 Å². The van der Waals surface area contributed by atoms with Crippen molar-refractivity contribution in [1.29, 1.82) is 0 Å². The van der Waals surface area contributed by atoms with Gasteiger partial charge < -0.3 is 56.6 Å². The molecule has 5 amide bonds. The van der Waals surface area contributed by atoms with Crippen molar-refractivity contribution < 1.29 is 58.7 Å². The minimum absolute atomic E-state index is 0.0204. The number of nitrogens with one attached hydrogen (secondary N) is 5. The van der Waals surface area contributed by atoms with Crippen LogP contribution in [0.25, 0.3) is 0 Å². The highest BCUT2D eigenvalue weighted by molar-refractivity contribution is 6.32. The van der Waals surface area contributed by atoms with Gasteiger partial charge in [-0.05, 0) is 69.5 Å². The number of nitrogens with zero attached hydrogens (tertiary/aromatic N) is 1. The number of benzene rings is 1. The highest BCUT2D eigenvalue weighted by Gasteiger charge is 2.47. The molecule has 0 aliphatic carbocycles. The normalized spacial score (nSPS) is 24.8. The molecule has 0 saturated heterocycles. The Balaban J connectivity index is 2.11. The smallest absolute Gasteiger partial charge is 0.352 e. The van der Waals surface area contributed by atoms with Gasteiger partial charge in [-0.15, -0.1) is 0 Å². The Morgan fingerprint density at radius 3 is 2.29 bits per heavy atom. The van der Waals surface area contributed by atoms with E-state index < -0.39 is 94.5 Å². The number of likely N-dealkylation sites (N-methyl/N-ethyl adjacent to an activating group) is 1. The Labute approximate surface area is 321 Å². The topological polar surface area (TPSA) is 273 Å². The number of aliphatic hydroxyl groups is 1. The van der Waals surface area contributed by atoms with Crippen LogP contribution < -0.4 is 31.3 Å². The lowest BCUT2D eigenvalue weighted by Crippen LogP contribution is -2.65. The molecule has 0 saturated carbocycles. The summed E-state index contributed by atoms with van der Waals surface area (Å²) in [6, 6.07) is -3.37. The average molecular weight is 789 g/mol. The highest BCUT2D eigenvalue weighted by atomic mass is 35.5. The summed E-state index contributed by atoms with van der Waals surface area (Å²) in [6.07, 6.45) is 1.71. The number of hydrogen-bond acceptors (Lipinski definition) is 11. The summed E-state index contributed by atoms with van der Waals surface area (Å²) in [4.78, 5) is 92.9. The van der Waals surface area contributed by atoms with Gasteiger partial charge in [0.2, 0.25) is 11.8 Å². The SMILES string of the molecule is C=C(C)[C@@H]1NC(=O)C(NC)[C@@H](O)c2cc(Cl)c(O)c(c2)O[C@](C)(CC)[C@@H](C(=O)N2CC=C[C@H]2C(=O)NC(C(=O)NC(=CC(=O)O)C(=O)O)=C(C)CC)NC1=O. The highest BCUT2D eigenvalue weighted by Crippen LogP contribution is 2.41. The number of amides is 5. The predicted molar refractivity (Wildman–Crippen MR) is 196 cm³/mol. The summed E-state index contributed by atoms with van der Waals surface area (Å²) in [6.45, 7) is 11.3. The van der Waals surface area contributed by atoms with Crippen LogP contribution in [0.2, 0.25) is 5.02 Å². The maximum atomic E-state index is 14.7. The molecule has 298 valence electrons. The molecule has 2 heterocycles. The second kappa shape index (κ2) is 18.1. The molecule has 55 heavy (non-hydrogen) atoms. The van der Waals surface area contributed by atoms with E-state index in [-0.39, 0.29) is 52.9 Å². The first-order valence-corrected chi connectivity index (χ1v) is 17.4. The first-order valence-electron chi connectivity index (χ1n) is 17.0. The molecule has 0 aromatic heterocycles. The fourth-order valence-corrected chi connectivity index (χ4v) is 5.95. The van der Waals surface area contributed by atoms with Gasteiger partial charge in [0.1, 0.15) is 47.3 Å². The van der Waals surface area contributed by atoms with Crippen molar-refractivity contribution in [2.45, 2.75) is 83.3 Å². The van der Waals surface area contributed by atoms with E-state index in [1.54, 1.807) is 13.8 Å². The molecule has 2 aliphatic heterocycles. The van der Waals surface area contributed by atoms with Gasteiger partial charge in [-0.3, -0.25) is 24.0 Å². The van der Waals surface area contributed by atoms with Gasteiger partial charge in [-0.2, -0.15) is 0 Å².